The van der Waals surface area contributed by atoms with E-state index in [9.17, 15) is 9.59 Å². The number of ether oxygens (including phenoxy) is 3. The third-order valence-electron chi connectivity index (χ3n) is 4.11. The summed E-state index contributed by atoms with van der Waals surface area (Å²) in [6, 6.07) is 12.1. The SMILES string of the molecule is CCOc1ccc(C(=O)OCC(=O)c2ccc(C(C)(C)C)cc2)cc1OC. The fourth-order valence-corrected chi connectivity index (χ4v) is 2.52. The first kappa shape index (κ1) is 20.5. The molecule has 0 unspecified atom stereocenters. The third-order valence-corrected chi connectivity index (χ3v) is 4.11. The Kier molecular flexibility index (Phi) is 6.61. The highest BCUT2D eigenvalue weighted by atomic mass is 16.5. The lowest BCUT2D eigenvalue weighted by molar-refractivity contribution is 0.0474. The molecule has 0 heterocycles. The average molecular weight is 370 g/mol. The lowest BCUT2D eigenvalue weighted by atomic mass is 9.86. The Morgan fingerprint density at radius 3 is 2.11 bits per heavy atom. The topological polar surface area (TPSA) is 61.8 Å². The van der Waals surface area contributed by atoms with Gasteiger partial charge in [0.15, 0.2) is 23.9 Å². The van der Waals surface area contributed by atoms with E-state index < -0.39 is 5.97 Å². The smallest absolute Gasteiger partial charge is 0.338 e. The van der Waals surface area contributed by atoms with Gasteiger partial charge in [0.1, 0.15) is 0 Å². The van der Waals surface area contributed by atoms with Gasteiger partial charge in [0.2, 0.25) is 0 Å². The average Bonchev–Trinajstić information content (AvgIpc) is 2.65. The second kappa shape index (κ2) is 8.71. The van der Waals surface area contributed by atoms with Crippen molar-refractivity contribution in [3.8, 4) is 11.5 Å². The first-order valence-corrected chi connectivity index (χ1v) is 8.88. The van der Waals surface area contributed by atoms with Gasteiger partial charge in [-0.25, -0.2) is 4.79 Å². The minimum atomic E-state index is -0.587. The number of rotatable bonds is 7. The van der Waals surface area contributed by atoms with Crippen LogP contribution in [0.15, 0.2) is 42.5 Å². The molecule has 2 aromatic rings. The zero-order chi connectivity index (χ0) is 20.0. The first-order valence-electron chi connectivity index (χ1n) is 8.88. The van der Waals surface area contributed by atoms with E-state index >= 15 is 0 Å². The quantitative estimate of drug-likeness (QED) is 0.533. The van der Waals surface area contributed by atoms with Crippen LogP contribution in [0, 0.1) is 0 Å². The fourth-order valence-electron chi connectivity index (χ4n) is 2.52. The van der Waals surface area contributed by atoms with Gasteiger partial charge in [0.25, 0.3) is 0 Å². The van der Waals surface area contributed by atoms with E-state index in [1.165, 1.54) is 13.2 Å². The molecule has 0 saturated carbocycles. The molecule has 0 saturated heterocycles. The van der Waals surface area contributed by atoms with Gasteiger partial charge in [-0.2, -0.15) is 0 Å². The van der Waals surface area contributed by atoms with Crippen LogP contribution in [0.25, 0.3) is 0 Å². The van der Waals surface area contributed by atoms with Gasteiger partial charge < -0.3 is 14.2 Å². The molecule has 5 heteroatoms. The Balaban J connectivity index is 2.01. The van der Waals surface area contributed by atoms with Crippen LogP contribution in [0.3, 0.4) is 0 Å². The molecule has 0 aliphatic heterocycles. The second-order valence-electron chi connectivity index (χ2n) is 7.13. The molecule has 27 heavy (non-hydrogen) atoms. The molecule has 144 valence electrons. The molecule has 0 aromatic heterocycles. The maximum atomic E-state index is 12.3. The van der Waals surface area contributed by atoms with Crippen LogP contribution in [0.4, 0.5) is 0 Å². The minimum Gasteiger partial charge on any atom is -0.493 e. The van der Waals surface area contributed by atoms with Gasteiger partial charge in [0, 0.05) is 5.56 Å². The van der Waals surface area contributed by atoms with Crippen molar-refractivity contribution in [1.82, 2.24) is 0 Å². The number of ketones is 1. The summed E-state index contributed by atoms with van der Waals surface area (Å²) in [6.07, 6.45) is 0. The number of esters is 1. The number of benzene rings is 2. The van der Waals surface area contributed by atoms with E-state index in [-0.39, 0.29) is 17.8 Å². The van der Waals surface area contributed by atoms with Gasteiger partial charge in [-0.1, -0.05) is 45.0 Å². The van der Waals surface area contributed by atoms with E-state index in [0.29, 0.717) is 29.2 Å². The summed E-state index contributed by atoms with van der Waals surface area (Å²) in [5.74, 6) is 0.152. The maximum absolute atomic E-state index is 12.3. The molecule has 5 nitrogen and oxygen atoms in total. The molecule has 0 fully saturated rings. The van der Waals surface area contributed by atoms with Gasteiger partial charge in [-0.3, -0.25) is 4.79 Å². The molecule has 0 spiro atoms. The lowest BCUT2D eigenvalue weighted by Gasteiger charge is -2.18. The molecule has 0 radical (unpaired) electrons. The van der Waals surface area contributed by atoms with Crippen molar-refractivity contribution < 1.29 is 23.8 Å². The van der Waals surface area contributed by atoms with Crippen LogP contribution in [-0.2, 0) is 10.2 Å². The largest absolute Gasteiger partial charge is 0.493 e. The summed E-state index contributed by atoms with van der Waals surface area (Å²) in [7, 11) is 1.50. The maximum Gasteiger partial charge on any atom is 0.338 e. The van der Waals surface area contributed by atoms with Crippen LogP contribution in [0.1, 0.15) is 54.0 Å². The van der Waals surface area contributed by atoms with Crippen molar-refractivity contribution >= 4 is 11.8 Å². The van der Waals surface area contributed by atoms with Crippen LogP contribution in [-0.4, -0.2) is 32.1 Å². The Morgan fingerprint density at radius 1 is 0.926 bits per heavy atom. The first-order chi connectivity index (χ1) is 12.8. The third kappa shape index (κ3) is 5.33. The molecule has 0 N–H and O–H groups in total. The summed E-state index contributed by atoms with van der Waals surface area (Å²) < 4.78 is 15.8. The summed E-state index contributed by atoms with van der Waals surface area (Å²) in [5.41, 5.74) is 1.96. The van der Waals surface area contributed by atoms with Gasteiger partial charge in [-0.05, 0) is 36.1 Å². The molecule has 2 aromatic carbocycles. The van der Waals surface area contributed by atoms with Crippen molar-refractivity contribution in [2.24, 2.45) is 0 Å². The van der Waals surface area contributed by atoms with Crippen LogP contribution < -0.4 is 9.47 Å². The Labute approximate surface area is 160 Å². The molecular formula is C22H26O5. The van der Waals surface area contributed by atoms with Crippen molar-refractivity contribution in [3.05, 3.63) is 59.2 Å². The normalized spacial score (nSPS) is 11.0. The highest BCUT2D eigenvalue weighted by Crippen LogP contribution is 2.28. The molecule has 0 amide bonds. The monoisotopic (exact) mass is 370 g/mol. The Hall–Kier alpha value is -2.82. The fraction of sp³-hybridized carbons (Fsp3) is 0.364. The zero-order valence-electron chi connectivity index (χ0n) is 16.5. The Morgan fingerprint density at radius 2 is 1.56 bits per heavy atom. The van der Waals surface area contributed by atoms with E-state index in [2.05, 4.69) is 20.8 Å². The van der Waals surface area contributed by atoms with Crippen molar-refractivity contribution in [2.75, 3.05) is 20.3 Å². The lowest BCUT2D eigenvalue weighted by Crippen LogP contribution is -2.15. The van der Waals surface area contributed by atoms with E-state index in [0.717, 1.165) is 5.56 Å². The molecule has 0 atom stereocenters. The number of hydrogen-bond donors (Lipinski definition) is 0. The highest BCUT2D eigenvalue weighted by Gasteiger charge is 2.16. The number of hydrogen-bond acceptors (Lipinski definition) is 5. The molecule has 0 bridgehead atoms. The summed E-state index contributed by atoms with van der Waals surface area (Å²) >= 11 is 0. The van der Waals surface area contributed by atoms with E-state index in [1.54, 1.807) is 24.3 Å². The van der Waals surface area contributed by atoms with Gasteiger partial charge in [-0.15, -0.1) is 0 Å². The predicted octanol–water partition coefficient (Wildman–Crippen LogP) is 4.43. The van der Waals surface area contributed by atoms with Crippen molar-refractivity contribution in [1.29, 1.82) is 0 Å². The van der Waals surface area contributed by atoms with Crippen molar-refractivity contribution in [3.63, 3.8) is 0 Å². The van der Waals surface area contributed by atoms with E-state index in [1.807, 2.05) is 19.1 Å². The van der Waals surface area contributed by atoms with Gasteiger partial charge in [0.05, 0.1) is 19.3 Å². The molecule has 0 aliphatic carbocycles. The molecule has 2 rings (SSSR count). The van der Waals surface area contributed by atoms with E-state index in [4.69, 9.17) is 14.2 Å². The number of methoxy groups -OCH3 is 1. The standard InChI is InChI=1S/C22H26O5/c1-6-26-19-12-9-16(13-20(19)25-5)21(24)27-14-18(23)15-7-10-17(11-8-15)22(2,3)4/h7-13H,6,14H2,1-5H3. The number of carbonyl (C=O) groups excluding carboxylic acids is 2. The Bertz CT molecular complexity index is 800. The summed E-state index contributed by atoms with van der Waals surface area (Å²) in [6.45, 7) is 8.36. The van der Waals surface area contributed by atoms with Crippen molar-refractivity contribution in [2.45, 2.75) is 33.1 Å². The van der Waals surface area contributed by atoms with Gasteiger partial charge >= 0.3 is 5.97 Å². The number of Topliss-reactive ketones (excluding diaryl/α,β-unsaturated/α-hetero) is 1. The summed E-state index contributed by atoms with van der Waals surface area (Å²) in [4.78, 5) is 24.5. The highest BCUT2D eigenvalue weighted by molar-refractivity contribution is 5.99. The number of carbonyl (C=O) groups is 2. The minimum absolute atomic E-state index is 0.0146. The van der Waals surface area contributed by atoms with Crippen LogP contribution in [0.2, 0.25) is 0 Å². The molecule has 0 aliphatic rings. The summed E-state index contributed by atoms with van der Waals surface area (Å²) in [5, 5.41) is 0. The second-order valence-corrected chi connectivity index (χ2v) is 7.13. The molecular weight excluding hydrogens is 344 g/mol. The zero-order valence-corrected chi connectivity index (χ0v) is 16.5. The van der Waals surface area contributed by atoms with Crippen LogP contribution in [0.5, 0.6) is 11.5 Å². The van der Waals surface area contributed by atoms with Crippen LogP contribution >= 0.6 is 0 Å². The predicted molar refractivity (Wildman–Crippen MR) is 104 cm³/mol.